The zero-order chi connectivity index (χ0) is 9.14. The Morgan fingerprint density at radius 3 is 2.67 bits per heavy atom. The Morgan fingerprint density at radius 2 is 2.17 bits per heavy atom. The second-order valence-electron chi connectivity index (χ2n) is 3.09. The molecule has 0 atom stereocenters. The molecular formula is C11H15N. The standard InChI is InChI=1S/C11H15N/c1-5-10-9(4)6-7-11(12-10)8(2)3/h6-7H,2,5H2,1,3-4H3. The molecular weight excluding hydrogens is 146 g/mol. The summed E-state index contributed by atoms with van der Waals surface area (Å²) >= 11 is 0. The molecule has 1 heterocycles. The maximum atomic E-state index is 4.49. The molecule has 0 unspecified atom stereocenters. The van der Waals surface area contributed by atoms with Gasteiger partial charge in [-0.15, -0.1) is 0 Å². The summed E-state index contributed by atoms with van der Waals surface area (Å²) < 4.78 is 0. The first-order chi connectivity index (χ1) is 5.65. The monoisotopic (exact) mass is 161 g/mol. The number of nitrogens with zero attached hydrogens (tertiary/aromatic N) is 1. The number of aryl methyl sites for hydroxylation is 2. The molecule has 1 aromatic heterocycles. The van der Waals surface area contributed by atoms with Gasteiger partial charge in [0, 0.05) is 5.69 Å². The third kappa shape index (κ3) is 1.73. The number of pyridine rings is 1. The summed E-state index contributed by atoms with van der Waals surface area (Å²) in [5, 5.41) is 0. The van der Waals surface area contributed by atoms with Crippen molar-refractivity contribution in [2.24, 2.45) is 0 Å². The van der Waals surface area contributed by atoms with Gasteiger partial charge in [-0.1, -0.05) is 19.6 Å². The molecule has 0 radical (unpaired) electrons. The van der Waals surface area contributed by atoms with Gasteiger partial charge in [0.25, 0.3) is 0 Å². The lowest BCUT2D eigenvalue weighted by Gasteiger charge is -2.04. The Balaban J connectivity index is 3.13. The van der Waals surface area contributed by atoms with Crippen molar-refractivity contribution >= 4 is 5.57 Å². The molecule has 0 saturated carbocycles. The van der Waals surface area contributed by atoms with Gasteiger partial charge in [-0.05, 0) is 37.5 Å². The summed E-state index contributed by atoms with van der Waals surface area (Å²) in [6, 6.07) is 4.13. The highest BCUT2D eigenvalue weighted by molar-refractivity contribution is 5.58. The fourth-order valence-electron chi connectivity index (χ4n) is 1.17. The van der Waals surface area contributed by atoms with Crippen molar-refractivity contribution in [3.8, 4) is 0 Å². The topological polar surface area (TPSA) is 12.9 Å². The van der Waals surface area contributed by atoms with Crippen molar-refractivity contribution in [1.82, 2.24) is 4.98 Å². The molecule has 0 N–H and O–H groups in total. The van der Waals surface area contributed by atoms with Crippen LogP contribution in [0, 0.1) is 6.92 Å². The van der Waals surface area contributed by atoms with Crippen molar-refractivity contribution < 1.29 is 0 Å². The van der Waals surface area contributed by atoms with Crippen molar-refractivity contribution in [2.45, 2.75) is 27.2 Å². The lowest BCUT2D eigenvalue weighted by Crippen LogP contribution is -1.95. The van der Waals surface area contributed by atoms with Crippen molar-refractivity contribution in [1.29, 1.82) is 0 Å². The first-order valence-electron chi connectivity index (χ1n) is 4.27. The van der Waals surface area contributed by atoms with Crippen LogP contribution in [0.15, 0.2) is 18.7 Å². The normalized spacial score (nSPS) is 9.92. The molecule has 0 spiro atoms. The largest absolute Gasteiger partial charge is 0.253 e. The van der Waals surface area contributed by atoms with E-state index in [2.05, 4.69) is 31.5 Å². The SMILES string of the molecule is C=C(C)c1ccc(C)c(CC)n1. The van der Waals surface area contributed by atoms with E-state index in [0.29, 0.717) is 0 Å². The molecule has 12 heavy (non-hydrogen) atoms. The summed E-state index contributed by atoms with van der Waals surface area (Å²) in [7, 11) is 0. The number of allylic oxidation sites excluding steroid dienone is 1. The van der Waals surface area contributed by atoms with Gasteiger partial charge in [-0.3, -0.25) is 4.98 Å². The summed E-state index contributed by atoms with van der Waals surface area (Å²) in [6.07, 6.45) is 0.993. The maximum Gasteiger partial charge on any atom is 0.0656 e. The molecule has 0 aliphatic rings. The summed E-state index contributed by atoms with van der Waals surface area (Å²) in [4.78, 5) is 4.49. The summed E-state index contributed by atoms with van der Waals surface area (Å²) in [5.74, 6) is 0. The fraction of sp³-hybridized carbons (Fsp3) is 0.364. The average molecular weight is 161 g/mol. The van der Waals surface area contributed by atoms with Crippen molar-refractivity contribution in [2.75, 3.05) is 0 Å². The number of rotatable bonds is 2. The van der Waals surface area contributed by atoms with Crippen LogP contribution in [0.1, 0.15) is 30.8 Å². The maximum absolute atomic E-state index is 4.49. The minimum atomic E-state index is 0.993. The minimum Gasteiger partial charge on any atom is -0.253 e. The van der Waals surface area contributed by atoms with E-state index in [1.807, 2.05) is 13.0 Å². The number of hydrogen-bond donors (Lipinski definition) is 0. The molecule has 0 aliphatic carbocycles. The van der Waals surface area contributed by atoms with Gasteiger partial charge in [-0.2, -0.15) is 0 Å². The fourth-order valence-corrected chi connectivity index (χ4v) is 1.17. The van der Waals surface area contributed by atoms with Gasteiger partial charge < -0.3 is 0 Å². The number of hydrogen-bond acceptors (Lipinski definition) is 1. The Bertz CT molecular complexity index is 300. The second-order valence-corrected chi connectivity index (χ2v) is 3.09. The van der Waals surface area contributed by atoms with Crippen LogP contribution in [0.4, 0.5) is 0 Å². The van der Waals surface area contributed by atoms with Gasteiger partial charge >= 0.3 is 0 Å². The van der Waals surface area contributed by atoms with Crippen LogP contribution < -0.4 is 0 Å². The van der Waals surface area contributed by atoms with E-state index in [0.717, 1.165) is 17.7 Å². The van der Waals surface area contributed by atoms with E-state index >= 15 is 0 Å². The van der Waals surface area contributed by atoms with Crippen LogP contribution in [0.2, 0.25) is 0 Å². The van der Waals surface area contributed by atoms with Crippen LogP contribution in [0.5, 0.6) is 0 Å². The highest BCUT2D eigenvalue weighted by Crippen LogP contribution is 2.12. The third-order valence-corrected chi connectivity index (χ3v) is 1.97. The molecule has 1 rings (SSSR count). The molecule has 1 aromatic rings. The summed E-state index contributed by atoms with van der Waals surface area (Å²) in [6.45, 7) is 10.1. The van der Waals surface area contributed by atoms with Gasteiger partial charge in [0.1, 0.15) is 0 Å². The van der Waals surface area contributed by atoms with Crippen molar-refractivity contribution in [3.05, 3.63) is 35.7 Å². The van der Waals surface area contributed by atoms with Gasteiger partial charge in [-0.25, -0.2) is 0 Å². The number of aromatic nitrogens is 1. The van der Waals surface area contributed by atoms with Gasteiger partial charge in [0.2, 0.25) is 0 Å². The Kier molecular flexibility index (Phi) is 2.64. The Labute approximate surface area is 74.2 Å². The zero-order valence-electron chi connectivity index (χ0n) is 8.02. The molecule has 0 amide bonds. The predicted molar refractivity (Wildman–Crippen MR) is 53.1 cm³/mol. The van der Waals surface area contributed by atoms with Gasteiger partial charge in [0.05, 0.1) is 5.69 Å². The summed E-state index contributed by atoms with van der Waals surface area (Å²) in [5.41, 5.74) is 4.49. The molecule has 1 heteroatoms. The molecule has 0 aliphatic heterocycles. The molecule has 1 nitrogen and oxygen atoms in total. The van der Waals surface area contributed by atoms with Crippen LogP contribution in [0.3, 0.4) is 0 Å². The molecule has 0 bridgehead atoms. The van der Waals surface area contributed by atoms with Crippen LogP contribution in [0.25, 0.3) is 5.57 Å². The molecule has 0 fully saturated rings. The lowest BCUT2D eigenvalue weighted by molar-refractivity contribution is 0.998. The van der Waals surface area contributed by atoms with E-state index in [1.165, 1.54) is 11.3 Å². The predicted octanol–water partition coefficient (Wildman–Crippen LogP) is 2.99. The van der Waals surface area contributed by atoms with Gasteiger partial charge in [0.15, 0.2) is 0 Å². The van der Waals surface area contributed by atoms with Crippen LogP contribution in [-0.2, 0) is 6.42 Å². The van der Waals surface area contributed by atoms with E-state index < -0.39 is 0 Å². The molecule has 64 valence electrons. The first-order valence-corrected chi connectivity index (χ1v) is 4.27. The zero-order valence-corrected chi connectivity index (χ0v) is 8.02. The lowest BCUT2D eigenvalue weighted by atomic mass is 10.1. The molecule has 0 aromatic carbocycles. The highest BCUT2D eigenvalue weighted by Gasteiger charge is 1.99. The Morgan fingerprint density at radius 1 is 1.50 bits per heavy atom. The van der Waals surface area contributed by atoms with E-state index in [1.54, 1.807) is 0 Å². The first kappa shape index (κ1) is 8.98. The smallest absolute Gasteiger partial charge is 0.0656 e. The second kappa shape index (κ2) is 3.53. The van der Waals surface area contributed by atoms with E-state index in [9.17, 15) is 0 Å². The third-order valence-electron chi connectivity index (χ3n) is 1.97. The van der Waals surface area contributed by atoms with E-state index in [-0.39, 0.29) is 0 Å². The quantitative estimate of drug-likeness (QED) is 0.649. The van der Waals surface area contributed by atoms with E-state index in [4.69, 9.17) is 0 Å². The van der Waals surface area contributed by atoms with Crippen LogP contribution >= 0.6 is 0 Å². The highest BCUT2D eigenvalue weighted by atomic mass is 14.7. The Hall–Kier alpha value is -1.11. The van der Waals surface area contributed by atoms with Crippen LogP contribution in [-0.4, -0.2) is 4.98 Å². The average Bonchev–Trinajstić information content (AvgIpc) is 2.05. The minimum absolute atomic E-state index is 0.993. The molecule has 0 saturated heterocycles. The van der Waals surface area contributed by atoms with Crippen molar-refractivity contribution in [3.63, 3.8) is 0 Å².